The Morgan fingerprint density at radius 1 is 1.53 bits per heavy atom. The zero-order valence-corrected chi connectivity index (χ0v) is 9.73. The van der Waals surface area contributed by atoms with Crippen LogP contribution < -0.4 is 0 Å². The van der Waals surface area contributed by atoms with E-state index in [1.54, 1.807) is 6.92 Å². The molecular weight excluding hydrogens is 228 g/mol. The van der Waals surface area contributed by atoms with Gasteiger partial charge in [-0.1, -0.05) is 13.5 Å². The Balaban J connectivity index is 2.37. The lowest BCUT2D eigenvalue weighted by Crippen LogP contribution is -2.30. The summed E-state index contributed by atoms with van der Waals surface area (Å²) >= 11 is 0. The molecular formula is C11H14O6. The Morgan fingerprint density at radius 2 is 2.18 bits per heavy atom. The summed E-state index contributed by atoms with van der Waals surface area (Å²) in [5, 5.41) is 0. The van der Waals surface area contributed by atoms with Crippen molar-refractivity contribution in [2.24, 2.45) is 5.92 Å². The highest BCUT2D eigenvalue weighted by atomic mass is 16.6. The molecule has 2 atom stereocenters. The van der Waals surface area contributed by atoms with E-state index in [1.807, 2.05) is 0 Å². The molecule has 0 aromatic carbocycles. The molecule has 0 spiro atoms. The zero-order valence-electron chi connectivity index (χ0n) is 9.73. The lowest BCUT2D eigenvalue weighted by atomic mass is 10.1. The van der Waals surface area contributed by atoms with Gasteiger partial charge in [-0.25, -0.2) is 14.4 Å². The van der Waals surface area contributed by atoms with Gasteiger partial charge in [0, 0.05) is 11.5 Å². The van der Waals surface area contributed by atoms with Gasteiger partial charge in [-0.2, -0.15) is 0 Å². The first-order chi connectivity index (χ1) is 7.91. The number of esters is 3. The van der Waals surface area contributed by atoms with Gasteiger partial charge in [0.1, 0.15) is 0 Å². The van der Waals surface area contributed by atoms with Gasteiger partial charge in [0.05, 0.1) is 6.61 Å². The van der Waals surface area contributed by atoms with Crippen LogP contribution in [0.25, 0.3) is 0 Å². The number of hydrogen-bond acceptors (Lipinski definition) is 6. The largest absolute Gasteiger partial charge is 0.462 e. The molecule has 0 amide bonds. The van der Waals surface area contributed by atoms with Gasteiger partial charge in [0.15, 0.2) is 6.61 Å². The Kier molecular flexibility index (Phi) is 4.25. The summed E-state index contributed by atoms with van der Waals surface area (Å²) in [6.45, 7) is 6.23. The van der Waals surface area contributed by atoms with Crippen molar-refractivity contribution in [3.05, 3.63) is 12.2 Å². The third-order valence-electron chi connectivity index (χ3n) is 2.17. The Labute approximate surface area is 98.5 Å². The molecule has 1 saturated heterocycles. The van der Waals surface area contributed by atoms with Crippen LogP contribution >= 0.6 is 0 Å². The van der Waals surface area contributed by atoms with Gasteiger partial charge in [-0.3, -0.25) is 0 Å². The Hall–Kier alpha value is -1.85. The maximum Gasteiger partial charge on any atom is 0.347 e. The molecule has 1 aliphatic rings. The van der Waals surface area contributed by atoms with Crippen LogP contribution in [0.3, 0.4) is 0 Å². The van der Waals surface area contributed by atoms with Crippen LogP contribution in [0, 0.1) is 5.92 Å². The van der Waals surface area contributed by atoms with Gasteiger partial charge >= 0.3 is 17.9 Å². The van der Waals surface area contributed by atoms with Crippen molar-refractivity contribution in [3.63, 3.8) is 0 Å². The maximum absolute atomic E-state index is 11.3. The van der Waals surface area contributed by atoms with Gasteiger partial charge < -0.3 is 14.2 Å². The minimum absolute atomic E-state index is 0.187. The Bertz CT molecular complexity index is 359. The molecule has 6 heteroatoms. The average Bonchev–Trinajstić information content (AvgIpc) is 2.57. The van der Waals surface area contributed by atoms with Crippen LogP contribution in [-0.4, -0.2) is 37.2 Å². The van der Waals surface area contributed by atoms with Gasteiger partial charge in [0.2, 0.25) is 6.10 Å². The lowest BCUT2D eigenvalue weighted by Gasteiger charge is -2.12. The molecule has 1 aliphatic heterocycles. The van der Waals surface area contributed by atoms with Crippen molar-refractivity contribution < 1.29 is 28.6 Å². The normalized spacial score (nSPS) is 22.8. The minimum atomic E-state index is -0.911. The number of carbonyl (C=O) groups excluding carboxylic acids is 3. The molecule has 0 N–H and O–H groups in total. The average molecular weight is 242 g/mol. The first-order valence-electron chi connectivity index (χ1n) is 5.10. The van der Waals surface area contributed by atoms with E-state index in [4.69, 9.17) is 9.47 Å². The summed E-state index contributed by atoms with van der Waals surface area (Å²) in [5.41, 5.74) is 0.187. The number of hydrogen-bond donors (Lipinski definition) is 0. The van der Waals surface area contributed by atoms with E-state index in [1.165, 1.54) is 6.92 Å². The topological polar surface area (TPSA) is 78.9 Å². The van der Waals surface area contributed by atoms with Crippen molar-refractivity contribution >= 4 is 17.9 Å². The first kappa shape index (κ1) is 13.2. The first-order valence-corrected chi connectivity index (χ1v) is 5.10. The standard InChI is InChI=1S/C11H14O6/c1-6(2)10(13)16-5-8(12)17-9-7(3)4-15-11(9)14/h7,9H,1,4-5H2,2-3H3. The van der Waals surface area contributed by atoms with E-state index in [-0.39, 0.29) is 18.1 Å². The lowest BCUT2D eigenvalue weighted by molar-refractivity contribution is -0.167. The summed E-state index contributed by atoms with van der Waals surface area (Å²) in [4.78, 5) is 33.4. The van der Waals surface area contributed by atoms with Crippen molar-refractivity contribution in [2.75, 3.05) is 13.2 Å². The fraction of sp³-hybridized carbons (Fsp3) is 0.545. The van der Waals surface area contributed by atoms with Crippen LogP contribution in [0.5, 0.6) is 0 Å². The smallest absolute Gasteiger partial charge is 0.347 e. The predicted molar refractivity (Wildman–Crippen MR) is 55.8 cm³/mol. The summed E-state index contributed by atoms with van der Waals surface area (Å²) in [5.74, 6) is -2.22. The van der Waals surface area contributed by atoms with E-state index >= 15 is 0 Å². The summed E-state index contributed by atoms with van der Waals surface area (Å²) in [7, 11) is 0. The number of carbonyl (C=O) groups is 3. The highest BCUT2D eigenvalue weighted by Gasteiger charge is 2.37. The molecule has 0 aromatic rings. The molecule has 17 heavy (non-hydrogen) atoms. The highest BCUT2D eigenvalue weighted by molar-refractivity contribution is 5.89. The molecule has 94 valence electrons. The molecule has 0 aromatic heterocycles. The van der Waals surface area contributed by atoms with E-state index in [2.05, 4.69) is 11.3 Å². The molecule has 1 heterocycles. The second kappa shape index (κ2) is 5.47. The summed E-state index contributed by atoms with van der Waals surface area (Å²) < 4.78 is 14.1. The van der Waals surface area contributed by atoms with E-state index in [9.17, 15) is 14.4 Å². The van der Waals surface area contributed by atoms with Gasteiger partial charge in [0.25, 0.3) is 0 Å². The monoisotopic (exact) mass is 242 g/mol. The minimum Gasteiger partial charge on any atom is -0.462 e. The molecule has 2 unspecified atom stereocenters. The third kappa shape index (κ3) is 3.58. The van der Waals surface area contributed by atoms with Crippen molar-refractivity contribution in [3.8, 4) is 0 Å². The molecule has 0 aliphatic carbocycles. The highest BCUT2D eigenvalue weighted by Crippen LogP contribution is 2.17. The molecule has 0 bridgehead atoms. The van der Waals surface area contributed by atoms with Crippen molar-refractivity contribution in [1.82, 2.24) is 0 Å². The third-order valence-corrected chi connectivity index (χ3v) is 2.17. The molecule has 1 fully saturated rings. The Morgan fingerprint density at radius 3 is 2.65 bits per heavy atom. The molecule has 0 saturated carbocycles. The maximum atomic E-state index is 11.3. The number of cyclic esters (lactones) is 1. The molecule has 1 rings (SSSR count). The van der Waals surface area contributed by atoms with Crippen LogP contribution in [0.2, 0.25) is 0 Å². The summed E-state index contributed by atoms with van der Waals surface area (Å²) in [6.07, 6.45) is -0.911. The summed E-state index contributed by atoms with van der Waals surface area (Å²) in [6, 6.07) is 0. The quantitative estimate of drug-likeness (QED) is 0.398. The van der Waals surface area contributed by atoms with Crippen LogP contribution in [0.15, 0.2) is 12.2 Å². The predicted octanol–water partition coefficient (Wildman–Crippen LogP) is 0.210. The SMILES string of the molecule is C=C(C)C(=O)OCC(=O)OC1C(=O)OCC1C. The van der Waals surface area contributed by atoms with Crippen molar-refractivity contribution in [1.29, 1.82) is 0 Å². The van der Waals surface area contributed by atoms with E-state index < -0.39 is 30.6 Å². The fourth-order valence-electron chi connectivity index (χ4n) is 1.20. The van der Waals surface area contributed by atoms with Gasteiger partial charge in [-0.15, -0.1) is 0 Å². The second-order valence-corrected chi connectivity index (χ2v) is 3.87. The van der Waals surface area contributed by atoms with Crippen LogP contribution in [-0.2, 0) is 28.6 Å². The van der Waals surface area contributed by atoms with Gasteiger partial charge in [-0.05, 0) is 6.92 Å². The van der Waals surface area contributed by atoms with Crippen LogP contribution in [0.4, 0.5) is 0 Å². The molecule has 6 nitrogen and oxygen atoms in total. The second-order valence-electron chi connectivity index (χ2n) is 3.87. The van der Waals surface area contributed by atoms with Crippen molar-refractivity contribution in [2.45, 2.75) is 20.0 Å². The number of ether oxygens (including phenoxy) is 3. The molecule has 0 radical (unpaired) electrons. The van der Waals surface area contributed by atoms with Crippen LogP contribution in [0.1, 0.15) is 13.8 Å². The number of rotatable bonds is 4. The zero-order chi connectivity index (χ0) is 13.0. The van der Waals surface area contributed by atoms with E-state index in [0.717, 1.165) is 0 Å². The fourth-order valence-corrected chi connectivity index (χ4v) is 1.20. The van der Waals surface area contributed by atoms with E-state index in [0.29, 0.717) is 0 Å².